The molecule has 0 unspecified atom stereocenters. The number of carbonyl (C=O) groups is 1. The van der Waals surface area contributed by atoms with Crippen LogP contribution in [0.2, 0.25) is 0 Å². The Morgan fingerprint density at radius 2 is 2.08 bits per heavy atom. The van der Waals surface area contributed by atoms with E-state index in [1.54, 1.807) is 12.1 Å². The molecule has 2 rings (SSSR count). The van der Waals surface area contributed by atoms with Gasteiger partial charge in [0.15, 0.2) is 0 Å². The van der Waals surface area contributed by atoms with E-state index in [1.807, 2.05) is 36.4 Å². The van der Waals surface area contributed by atoms with Crippen molar-refractivity contribution in [3.05, 3.63) is 51.6 Å². The van der Waals surface area contributed by atoms with Crippen molar-refractivity contribution in [3.63, 3.8) is 0 Å². The number of halogens is 2. The topological polar surface area (TPSA) is 85.7 Å². The molecule has 1 aromatic heterocycles. The molecule has 0 saturated heterocycles. The molecule has 1 heterocycles. The number of nitrogens with zero attached hydrogens (tertiary/aromatic N) is 2. The summed E-state index contributed by atoms with van der Waals surface area (Å²) in [6.45, 7) is 3.18. The van der Waals surface area contributed by atoms with Crippen LogP contribution >= 0.6 is 22.6 Å². The maximum absolute atomic E-state index is 14.1. The molecule has 26 heavy (non-hydrogen) atoms. The SMILES string of the molecule is CC(C)N(C[C@H](O)CO)C(=O)c1ccncc1Nc1ccc(I)cc1F. The summed E-state index contributed by atoms with van der Waals surface area (Å²) in [5.74, 6) is -0.779. The first-order chi connectivity index (χ1) is 12.3. The van der Waals surface area contributed by atoms with Gasteiger partial charge in [0.2, 0.25) is 0 Å². The molecule has 1 amide bonds. The number of anilines is 2. The number of hydrogen-bond acceptors (Lipinski definition) is 5. The second kappa shape index (κ2) is 9.24. The lowest BCUT2D eigenvalue weighted by Crippen LogP contribution is -2.43. The summed E-state index contributed by atoms with van der Waals surface area (Å²) < 4.78 is 14.9. The summed E-state index contributed by atoms with van der Waals surface area (Å²) >= 11 is 2.02. The summed E-state index contributed by atoms with van der Waals surface area (Å²) in [6, 6.07) is 6.07. The van der Waals surface area contributed by atoms with Crippen molar-refractivity contribution in [2.75, 3.05) is 18.5 Å². The third-order valence-corrected chi connectivity index (χ3v) is 4.43. The van der Waals surface area contributed by atoms with E-state index in [9.17, 15) is 14.3 Å². The molecule has 2 aromatic rings. The molecule has 0 aliphatic carbocycles. The number of aliphatic hydroxyl groups excluding tert-OH is 2. The number of rotatable bonds is 7. The fraction of sp³-hybridized carbons (Fsp3) is 0.333. The van der Waals surface area contributed by atoms with Crippen LogP contribution in [0, 0.1) is 9.39 Å². The number of nitrogens with one attached hydrogen (secondary N) is 1. The highest BCUT2D eigenvalue weighted by Crippen LogP contribution is 2.25. The predicted molar refractivity (Wildman–Crippen MR) is 106 cm³/mol. The van der Waals surface area contributed by atoms with E-state index >= 15 is 0 Å². The van der Waals surface area contributed by atoms with Gasteiger partial charge in [0, 0.05) is 22.4 Å². The van der Waals surface area contributed by atoms with Crippen LogP contribution in [0.25, 0.3) is 0 Å². The smallest absolute Gasteiger partial charge is 0.256 e. The lowest BCUT2D eigenvalue weighted by Gasteiger charge is -2.29. The van der Waals surface area contributed by atoms with E-state index in [-0.39, 0.29) is 24.2 Å². The Balaban J connectivity index is 2.33. The fourth-order valence-electron chi connectivity index (χ4n) is 2.38. The quantitative estimate of drug-likeness (QED) is 0.539. The van der Waals surface area contributed by atoms with Crippen LogP contribution in [0.5, 0.6) is 0 Å². The van der Waals surface area contributed by atoms with Crippen LogP contribution in [-0.4, -0.2) is 51.3 Å². The second-order valence-electron chi connectivity index (χ2n) is 6.06. The molecule has 0 aliphatic heterocycles. The van der Waals surface area contributed by atoms with Crippen LogP contribution < -0.4 is 5.32 Å². The molecule has 0 saturated carbocycles. The molecule has 8 heteroatoms. The molecule has 0 spiro atoms. The van der Waals surface area contributed by atoms with Crippen molar-refractivity contribution in [2.24, 2.45) is 0 Å². The largest absolute Gasteiger partial charge is 0.394 e. The summed E-state index contributed by atoms with van der Waals surface area (Å²) in [6.07, 6.45) is 1.89. The van der Waals surface area contributed by atoms with Gasteiger partial charge < -0.3 is 20.4 Å². The maximum Gasteiger partial charge on any atom is 0.256 e. The van der Waals surface area contributed by atoms with Crippen molar-refractivity contribution in [3.8, 4) is 0 Å². The average Bonchev–Trinajstić information content (AvgIpc) is 2.61. The van der Waals surface area contributed by atoms with E-state index in [0.717, 1.165) is 3.57 Å². The third-order valence-electron chi connectivity index (χ3n) is 3.75. The molecule has 0 radical (unpaired) electrons. The Hall–Kier alpha value is -1.78. The van der Waals surface area contributed by atoms with Crippen molar-refractivity contribution in [1.82, 2.24) is 9.88 Å². The first kappa shape index (κ1) is 20.5. The zero-order chi connectivity index (χ0) is 19.3. The number of benzene rings is 1. The minimum atomic E-state index is -1.03. The van der Waals surface area contributed by atoms with Crippen LogP contribution in [0.15, 0.2) is 36.7 Å². The summed E-state index contributed by atoms with van der Waals surface area (Å²) in [4.78, 5) is 18.4. The van der Waals surface area contributed by atoms with E-state index in [1.165, 1.54) is 29.4 Å². The molecule has 0 bridgehead atoms. The van der Waals surface area contributed by atoms with Gasteiger partial charge in [0.1, 0.15) is 5.82 Å². The van der Waals surface area contributed by atoms with Gasteiger partial charge >= 0.3 is 0 Å². The molecular weight excluding hydrogens is 452 g/mol. The highest BCUT2D eigenvalue weighted by atomic mass is 127. The summed E-state index contributed by atoms with van der Waals surface area (Å²) in [5.41, 5.74) is 0.900. The Morgan fingerprint density at radius 3 is 2.69 bits per heavy atom. The molecule has 0 fully saturated rings. The van der Waals surface area contributed by atoms with E-state index in [4.69, 9.17) is 5.11 Å². The lowest BCUT2D eigenvalue weighted by atomic mass is 10.1. The zero-order valence-corrected chi connectivity index (χ0v) is 16.6. The Kier molecular flexibility index (Phi) is 7.30. The van der Waals surface area contributed by atoms with Crippen LogP contribution in [0.1, 0.15) is 24.2 Å². The number of carbonyl (C=O) groups excluding carboxylic acids is 1. The maximum atomic E-state index is 14.1. The number of aliphatic hydroxyl groups is 2. The van der Waals surface area contributed by atoms with Crippen molar-refractivity contribution < 1.29 is 19.4 Å². The second-order valence-corrected chi connectivity index (χ2v) is 7.30. The first-order valence-electron chi connectivity index (χ1n) is 8.09. The van der Waals surface area contributed by atoms with E-state index in [0.29, 0.717) is 11.3 Å². The first-order valence-corrected chi connectivity index (χ1v) is 9.17. The van der Waals surface area contributed by atoms with Gasteiger partial charge in [-0.05, 0) is 60.7 Å². The summed E-state index contributed by atoms with van der Waals surface area (Å²) in [7, 11) is 0. The molecule has 3 N–H and O–H groups in total. The van der Waals surface area contributed by atoms with Gasteiger partial charge in [0.25, 0.3) is 5.91 Å². The van der Waals surface area contributed by atoms with Gasteiger partial charge in [-0.25, -0.2) is 4.39 Å². The van der Waals surface area contributed by atoms with Crippen molar-refractivity contribution in [2.45, 2.75) is 26.0 Å². The van der Waals surface area contributed by atoms with Gasteiger partial charge in [-0.2, -0.15) is 0 Å². The number of amides is 1. The van der Waals surface area contributed by atoms with Gasteiger partial charge in [-0.3, -0.25) is 9.78 Å². The molecule has 0 aliphatic rings. The monoisotopic (exact) mass is 473 g/mol. The normalized spacial score (nSPS) is 12.1. The Bertz CT molecular complexity index is 773. The lowest BCUT2D eigenvalue weighted by molar-refractivity contribution is 0.0387. The third kappa shape index (κ3) is 5.12. The van der Waals surface area contributed by atoms with E-state index < -0.39 is 18.5 Å². The number of aromatic nitrogens is 1. The fourth-order valence-corrected chi connectivity index (χ4v) is 2.84. The minimum absolute atomic E-state index is 0.00729. The number of pyridine rings is 1. The zero-order valence-electron chi connectivity index (χ0n) is 14.5. The predicted octanol–water partition coefficient (Wildman–Crippen LogP) is 2.77. The van der Waals surface area contributed by atoms with Gasteiger partial charge in [-0.15, -0.1) is 0 Å². The van der Waals surface area contributed by atoms with Gasteiger partial charge in [-0.1, -0.05) is 0 Å². The Morgan fingerprint density at radius 1 is 1.35 bits per heavy atom. The highest BCUT2D eigenvalue weighted by Gasteiger charge is 2.24. The van der Waals surface area contributed by atoms with Crippen molar-refractivity contribution in [1.29, 1.82) is 0 Å². The molecule has 140 valence electrons. The minimum Gasteiger partial charge on any atom is -0.394 e. The Labute approximate surface area is 165 Å². The van der Waals surface area contributed by atoms with Crippen LogP contribution in [0.4, 0.5) is 15.8 Å². The average molecular weight is 473 g/mol. The van der Waals surface area contributed by atoms with Gasteiger partial charge in [0.05, 0.1) is 35.8 Å². The molecular formula is C18H21FIN3O3. The summed E-state index contributed by atoms with van der Waals surface area (Å²) in [5, 5.41) is 21.7. The van der Waals surface area contributed by atoms with Crippen LogP contribution in [0.3, 0.4) is 0 Å². The number of hydrogen-bond donors (Lipinski definition) is 3. The van der Waals surface area contributed by atoms with E-state index in [2.05, 4.69) is 10.3 Å². The van der Waals surface area contributed by atoms with Crippen LogP contribution in [-0.2, 0) is 0 Å². The molecule has 1 atom stereocenters. The van der Waals surface area contributed by atoms with Crippen molar-refractivity contribution >= 4 is 39.9 Å². The standard InChI is InChI=1S/C18H21FIN3O3/c1-11(2)23(9-13(25)10-24)18(26)14-5-6-21-8-17(14)22-16-4-3-12(20)7-15(16)19/h3-8,11,13,22,24-25H,9-10H2,1-2H3/t13-/m0/s1. The molecule has 1 aromatic carbocycles. The molecule has 6 nitrogen and oxygen atoms in total. The highest BCUT2D eigenvalue weighted by molar-refractivity contribution is 14.1.